The number of nitrogens with one attached hydrogen (secondary N) is 1. The highest BCUT2D eigenvalue weighted by Crippen LogP contribution is 2.25. The highest BCUT2D eigenvalue weighted by molar-refractivity contribution is 6.06. The molecule has 2 rings (SSSR count). The molecule has 0 spiro atoms. The average molecular weight is 341 g/mol. The molecule has 0 saturated heterocycles. The number of benzene rings is 2. The molecule has 3 N–H and O–H groups in total. The van der Waals surface area contributed by atoms with Crippen LogP contribution in [0.1, 0.15) is 29.8 Å². The first-order chi connectivity index (χ1) is 12.0. The van der Waals surface area contributed by atoms with Crippen LogP contribution in [0.4, 0.5) is 11.4 Å². The van der Waals surface area contributed by atoms with E-state index in [0.29, 0.717) is 29.3 Å². The molecule has 0 aromatic heterocycles. The molecule has 0 atom stereocenters. The fraction of sp³-hybridized carbons (Fsp3) is 0.350. The fourth-order valence-corrected chi connectivity index (χ4v) is 2.59. The molecule has 2 aromatic carbocycles. The van der Waals surface area contributed by atoms with Gasteiger partial charge in [0.15, 0.2) is 0 Å². The summed E-state index contributed by atoms with van der Waals surface area (Å²) >= 11 is 0. The predicted molar refractivity (Wildman–Crippen MR) is 103 cm³/mol. The molecular weight excluding hydrogens is 314 g/mol. The van der Waals surface area contributed by atoms with Crippen LogP contribution in [-0.4, -0.2) is 37.0 Å². The summed E-state index contributed by atoms with van der Waals surface area (Å²) in [5, 5.41) is 2.93. The third kappa shape index (κ3) is 5.22. The molecule has 1 amide bonds. The van der Waals surface area contributed by atoms with Gasteiger partial charge >= 0.3 is 0 Å². The van der Waals surface area contributed by atoms with Gasteiger partial charge in [0, 0.05) is 17.8 Å². The average Bonchev–Trinajstić information content (AvgIpc) is 2.62. The summed E-state index contributed by atoms with van der Waals surface area (Å²) in [6.45, 7) is 9.56. The Bertz CT molecular complexity index is 712. The maximum atomic E-state index is 12.6. The lowest BCUT2D eigenvalue weighted by atomic mass is 10.1. The number of ether oxygens (including phenoxy) is 1. The van der Waals surface area contributed by atoms with Crippen LogP contribution in [0.15, 0.2) is 42.5 Å². The molecule has 0 aliphatic heterocycles. The smallest absolute Gasteiger partial charge is 0.256 e. The number of anilines is 2. The summed E-state index contributed by atoms with van der Waals surface area (Å²) in [7, 11) is 0. The lowest BCUT2D eigenvalue weighted by molar-refractivity contribution is 0.102. The van der Waals surface area contributed by atoms with Gasteiger partial charge in [-0.05, 0) is 49.8 Å². The van der Waals surface area contributed by atoms with E-state index in [-0.39, 0.29) is 5.91 Å². The molecule has 2 aromatic rings. The third-order valence-corrected chi connectivity index (χ3v) is 4.20. The third-order valence-electron chi connectivity index (χ3n) is 4.20. The quantitative estimate of drug-likeness (QED) is 0.721. The van der Waals surface area contributed by atoms with Crippen molar-refractivity contribution in [2.75, 3.05) is 37.3 Å². The molecule has 0 fully saturated rings. The second-order valence-corrected chi connectivity index (χ2v) is 5.90. The number of para-hydroxylation sites is 2. The van der Waals surface area contributed by atoms with Gasteiger partial charge in [0.25, 0.3) is 5.91 Å². The van der Waals surface area contributed by atoms with E-state index in [9.17, 15) is 4.79 Å². The Balaban J connectivity index is 2.07. The van der Waals surface area contributed by atoms with E-state index >= 15 is 0 Å². The van der Waals surface area contributed by atoms with E-state index in [4.69, 9.17) is 10.5 Å². The van der Waals surface area contributed by atoms with Crippen LogP contribution in [0.3, 0.4) is 0 Å². The highest BCUT2D eigenvalue weighted by Gasteiger charge is 2.12. The van der Waals surface area contributed by atoms with E-state index < -0.39 is 0 Å². The van der Waals surface area contributed by atoms with Gasteiger partial charge in [0.1, 0.15) is 12.4 Å². The van der Waals surface area contributed by atoms with Crippen molar-refractivity contribution in [3.63, 3.8) is 0 Å². The Kier molecular flexibility index (Phi) is 6.83. The van der Waals surface area contributed by atoms with Crippen LogP contribution in [-0.2, 0) is 0 Å². The number of amides is 1. The highest BCUT2D eigenvalue weighted by atomic mass is 16.5. The van der Waals surface area contributed by atoms with E-state index in [2.05, 4.69) is 24.1 Å². The Morgan fingerprint density at radius 1 is 1.16 bits per heavy atom. The SMILES string of the molecule is CCN(CC)CCOc1ccccc1NC(=O)c1cc(N)ccc1C. The summed E-state index contributed by atoms with van der Waals surface area (Å²) in [6.07, 6.45) is 0. The van der Waals surface area contributed by atoms with Crippen molar-refractivity contribution >= 4 is 17.3 Å². The molecule has 0 aliphatic carbocycles. The minimum absolute atomic E-state index is 0.190. The van der Waals surface area contributed by atoms with Gasteiger partial charge in [-0.15, -0.1) is 0 Å². The van der Waals surface area contributed by atoms with Crippen molar-refractivity contribution in [3.8, 4) is 5.75 Å². The molecule has 0 aliphatic rings. The van der Waals surface area contributed by atoms with Crippen molar-refractivity contribution in [2.45, 2.75) is 20.8 Å². The number of hydrogen-bond acceptors (Lipinski definition) is 4. The largest absolute Gasteiger partial charge is 0.490 e. The molecule has 0 radical (unpaired) electrons. The molecule has 134 valence electrons. The van der Waals surface area contributed by atoms with Crippen molar-refractivity contribution in [1.29, 1.82) is 0 Å². The van der Waals surface area contributed by atoms with Gasteiger partial charge in [-0.1, -0.05) is 32.0 Å². The minimum Gasteiger partial charge on any atom is -0.490 e. The number of carbonyl (C=O) groups is 1. The molecule has 0 bridgehead atoms. The van der Waals surface area contributed by atoms with Gasteiger partial charge in [-0.3, -0.25) is 4.79 Å². The zero-order valence-electron chi connectivity index (χ0n) is 15.2. The second kappa shape index (κ2) is 9.08. The molecule has 0 unspecified atom stereocenters. The van der Waals surface area contributed by atoms with Crippen LogP contribution in [0.2, 0.25) is 0 Å². The standard InChI is InChI=1S/C20H27N3O2/c1-4-23(5-2)12-13-25-19-9-7-6-8-18(19)22-20(24)17-14-16(21)11-10-15(17)3/h6-11,14H,4-5,12-13,21H2,1-3H3,(H,22,24). The number of aryl methyl sites for hydroxylation is 1. The molecule has 5 nitrogen and oxygen atoms in total. The number of carbonyl (C=O) groups excluding carboxylic acids is 1. The van der Waals surface area contributed by atoms with E-state index in [1.165, 1.54) is 0 Å². The van der Waals surface area contributed by atoms with Crippen LogP contribution >= 0.6 is 0 Å². The van der Waals surface area contributed by atoms with E-state index in [1.807, 2.05) is 37.3 Å². The lowest BCUT2D eigenvalue weighted by Gasteiger charge is -2.19. The van der Waals surface area contributed by atoms with E-state index in [1.54, 1.807) is 12.1 Å². The topological polar surface area (TPSA) is 67.6 Å². The Morgan fingerprint density at radius 3 is 2.60 bits per heavy atom. The van der Waals surface area contributed by atoms with Crippen LogP contribution in [0, 0.1) is 6.92 Å². The lowest BCUT2D eigenvalue weighted by Crippen LogP contribution is -2.28. The summed E-state index contributed by atoms with van der Waals surface area (Å²) in [5.41, 5.74) is 8.48. The Morgan fingerprint density at radius 2 is 1.88 bits per heavy atom. The number of nitrogens with zero attached hydrogens (tertiary/aromatic N) is 1. The number of nitrogen functional groups attached to an aromatic ring is 1. The van der Waals surface area contributed by atoms with Crippen LogP contribution in [0.5, 0.6) is 5.75 Å². The summed E-state index contributed by atoms with van der Waals surface area (Å²) in [6, 6.07) is 12.8. The molecule has 0 saturated carbocycles. The minimum atomic E-state index is -0.190. The van der Waals surface area contributed by atoms with Crippen molar-refractivity contribution < 1.29 is 9.53 Å². The van der Waals surface area contributed by atoms with Gasteiger partial charge in [-0.25, -0.2) is 0 Å². The predicted octanol–water partition coefficient (Wildman–Crippen LogP) is 3.55. The summed E-state index contributed by atoms with van der Waals surface area (Å²) in [5.74, 6) is 0.481. The van der Waals surface area contributed by atoms with Crippen molar-refractivity contribution in [3.05, 3.63) is 53.6 Å². The van der Waals surface area contributed by atoms with Crippen LogP contribution < -0.4 is 15.8 Å². The normalized spacial score (nSPS) is 10.7. The number of likely N-dealkylation sites (N-methyl/N-ethyl adjacent to an activating group) is 1. The first kappa shape index (κ1) is 18.8. The maximum Gasteiger partial charge on any atom is 0.256 e. The maximum absolute atomic E-state index is 12.6. The van der Waals surface area contributed by atoms with Gasteiger partial charge < -0.3 is 20.7 Å². The van der Waals surface area contributed by atoms with Gasteiger partial charge in [-0.2, -0.15) is 0 Å². The molecular formula is C20H27N3O2. The number of nitrogens with two attached hydrogens (primary N) is 1. The fourth-order valence-electron chi connectivity index (χ4n) is 2.59. The zero-order chi connectivity index (χ0) is 18.2. The van der Waals surface area contributed by atoms with Crippen molar-refractivity contribution in [2.24, 2.45) is 0 Å². The molecule has 0 heterocycles. The van der Waals surface area contributed by atoms with Gasteiger partial charge in [0.05, 0.1) is 5.69 Å². The second-order valence-electron chi connectivity index (χ2n) is 5.90. The van der Waals surface area contributed by atoms with Gasteiger partial charge in [0.2, 0.25) is 0 Å². The first-order valence-electron chi connectivity index (χ1n) is 8.66. The first-order valence-corrected chi connectivity index (χ1v) is 8.66. The molecule has 5 heteroatoms. The number of rotatable bonds is 8. The summed E-state index contributed by atoms with van der Waals surface area (Å²) in [4.78, 5) is 14.9. The van der Waals surface area contributed by atoms with Crippen molar-refractivity contribution in [1.82, 2.24) is 4.90 Å². The van der Waals surface area contributed by atoms with E-state index in [0.717, 1.165) is 25.2 Å². The van der Waals surface area contributed by atoms with Crippen LogP contribution in [0.25, 0.3) is 0 Å². The zero-order valence-corrected chi connectivity index (χ0v) is 15.2. The Hall–Kier alpha value is -2.53. The Labute approximate surface area is 149 Å². The molecule has 25 heavy (non-hydrogen) atoms. The summed E-state index contributed by atoms with van der Waals surface area (Å²) < 4.78 is 5.88. The monoisotopic (exact) mass is 341 g/mol. The number of hydrogen-bond donors (Lipinski definition) is 2.